The second kappa shape index (κ2) is 10.0. The molecule has 4 fully saturated rings. The van der Waals surface area contributed by atoms with Crippen molar-refractivity contribution in [2.75, 3.05) is 26.4 Å². The van der Waals surface area contributed by atoms with Gasteiger partial charge in [0.1, 0.15) is 36.9 Å². The van der Waals surface area contributed by atoms with E-state index in [1.165, 1.54) is 11.1 Å². The lowest BCUT2D eigenvalue weighted by molar-refractivity contribution is -0.197. The van der Waals surface area contributed by atoms with Crippen LogP contribution in [0.5, 0.6) is 11.5 Å². The molecule has 8 nitrogen and oxygen atoms in total. The van der Waals surface area contributed by atoms with Crippen molar-refractivity contribution in [3.8, 4) is 11.5 Å². The van der Waals surface area contributed by atoms with E-state index in [1.807, 2.05) is 24.3 Å². The molecular formula is C26H28O8. The summed E-state index contributed by atoms with van der Waals surface area (Å²) in [5.74, 6) is 0.402. The lowest BCUT2D eigenvalue weighted by Gasteiger charge is -2.18. The quantitative estimate of drug-likeness (QED) is 0.431. The van der Waals surface area contributed by atoms with Gasteiger partial charge in [-0.2, -0.15) is 0 Å². The highest BCUT2D eigenvalue weighted by Gasteiger charge is 2.48. The molecule has 0 amide bonds. The van der Waals surface area contributed by atoms with Crippen molar-refractivity contribution in [3.63, 3.8) is 0 Å². The van der Waals surface area contributed by atoms with Crippen LogP contribution in [-0.2, 0) is 35.0 Å². The summed E-state index contributed by atoms with van der Waals surface area (Å²) in [6.45, 7) is 2.94. The lowest BCUT2D eigenvalue weighted by Crippen LogP contribution is -2.27. The third-order valence-electron chi connectivity index (χ3n) is 5.95. The molecule has 4 saturated heterocycles. The van der Waals surface area contributed by atoms with Gasteiger partial charge in [-0.15, -0.1) is 0 Å². The molecule has 180 valence electrons. The van der Waals surface area contributed by atoms with Crippen LogP contribution in [0.15, 0.2) is 48.5 Å². The standard InChI is InChI=1S/C19H20O4.C7H8O4/c1-5-16(20-10-18-12-22-18)6-2-14(1)9-15-3-7-17(8-4-15)21-11-19-13-23-19;8-5-1-3-7(10-5)4-2-6(9)11-7/h1-8,18-19H,9-13H2;1-4H2. The fourth-order valence-electron chi connectivity index (χ4n) is 3.80. The van der Waals surface area contributed by atoms with Crippen LogP contribution in [0.4, 0.5) is 0 Å². The molecule has 4 aliphatic rings. The van der Waals surface area contributed by atoms with E-state index >= 15 is 0 Å². The van der Waals surface area contributed by atoms with Gasteiger partial charge in [0.2, 0.25) is 0 Å². The maximum Gasteiger partial charge on any atom is 0.309 e. The van der Waals surface area contributed by atoms with Crippen LogP contribution in [0, 0.1) is 0 Å². The molecule has 0 N–H and O–H groups in total. The van der Waals surface area contributed by atoms with Crippen LogP contribution in [0.1, 0.15) is 36.8 Å². The fourth-order valence-corrected chi connectivity index (χ4v) is 3.80. The Bertz CT molecular complexity index is 911. The van der Waals surface area contributed by atoms with E-state index in [9.17, 15) is 9.59 Å². The van der Waals surface area contributed by atoms with Crippen LogP contribution in [0.2, 0.25) is 0 Å². The van der Waals surface area contributed by atoms with Gasteiger partial charge in [0.25, 0.3) is 5.79 Å². The Labute approximate surface area is 198 Å². The van der Waals surface area contributed by atoms with Crippen molar-refractivity contribution in [2.24, 2.45) is 0 Å². The van der Waals surface area contributed by atoms with E-state index in [1.54, 1.807) is 0 Å². The first-order valence-electron chi connectivity index (χ1n) is 11.7. The van der Waals surface area contributed by atoms with Crippen molar-refractivity contribution >= 4 is 11.9 Å². The minimum absolute atomic E-state index is 0.264. The molecule has 8 heteroatoms. The second-order valence-electron chi connectivity index (χ2n) is 8.86. The first-order chi connectivity index (χ1) is 16.6. The zero-order chi connectivity index (χ0) is 23.4. The van der Waals surface area contributed by atoms with Crippen LogP contribution in [0.3, 0.4) is 0 Å². The summed E-state index contributed by atoms with van der Waals surface area (Å²) in [6.07, 6.45) is 3.28. The van der Waals surface area contributed by atoms with Gasteiger partial charge in [-0.3, -0.25) is 9.59 Å². The number of carbonyl (C=O) groups excluding carboxylic acids is 2. The maximum absolute atomic E-state index is 10.7. The summed E-state index contributed by atoms with van der Waals surface area (Å²) < 4.78 is 31.4. The minimum atomic E-state index is -0.867. The molecule has 4 heterocycles. The Morgan fingerprint density at radius 2 is 1.12 bits per heavy atom. The molecule has 0 radical (unpaired) electrons. The van der Waals surface area contributed by atoms with Crippen molar-refractivity contribution in [1.29, 1.82) is 0 Å². The first-order valence-corrected chi connectivity index (χ1v) is 11.7. The molecule has 34 heavy (non-hydrogen) atoms. The Morgan fingerprint density at radius 3 is 1.44 bits per heavy atom. The summed E-state index contributed by atoms with van der Waals surface area (Å²) in [5, 5.41) is 0. The number of ether oxygens (including phenoxy) is 6. The first kappa shape index (κ1) is 22.7. The Morgan fingerprint density at radius 1 is 0.706 bits per heavy atom. The van der Waals surface area contributed by atoms with Crippen molar-refractivity contribution < 1.29 is 38.0 Å². The highest BCUT2D eigenvalue weighted by Crippen LogP contribution is 2.37. The number of hydrogen-bond acceptors (Lipinski definition) is 8. The average Bonchev–Trinajstić information content (AvgIpc) is 3.77. The highest BCUT2D eigenvalue weighted by atomic mass is 16.7. The largest absolute Gasteiger partial charge is 0.491 e. The summed E-state index contributed by atoms with van der Waals surface area (Å²) in [5.41, 5.74) is 2.53. The molecule has 1 spiro atoms. The van der Waals surface area contributed by atoms with Gasteiger partial charge in [-0.25, -0.2) is 0 Å². The van der Waals surface area contributed by atoms with E-state index in [0.29, 0.717) is 51.1 Å². The normalized spacial score (nSPS) is 23.5. The average molecular weight is 469 g/mol. The summed E-state index contributed by atoms with van der Waals surface area (Å²) in [7, 11) is 0. The van der Waals surface area contributed by atoms with E-state index in [0.717, 1.165) is 31.1 Å². The molecule has 2 aromatic carbocycles. The third kappa shape index (κ3) is 6.48. The van der Waals surface area contributed by atoms with E-state index in [4.69, 9.17) is 28.4 Å². The number of hydrogen-bond donors (Lipinski definition) is 0. The van der Waals surface area contributed by atoms with Gasteiger partial charge >= 0.3 is 11.9 Å². The second-order valence-corrected chi connectivity index (χ2v) is 8.86. The van der Waals surface area contributed by atoms with Gasteiger partial charge < -0.3 is 28.4 Å². The van der Waals surface area contributed by atoms with E-state index < -0.39 is 5.79 Å². The summed E-state index contributed by atoms with van der Waals surface area (Å²) in [6, 6.07) is 16.5. The maximum atomic E-state index is 10.7. The number of benzene rings is 2. The predicted molar refractivity (Wildman–Crippen MR) is 120 cm³/mol. The lowest BCUT2D eigenvalue weighted by atomic mass is 10.0. The Hall–Kier alpha value is -3.10. The zero-order valence-electron chi connectivity index (χ0n) is 18.9. The molecular weight excluding hydrogens is 440 g/mol. The monoisotopic (exact) mass is 468 g/mol. The molecule has 4 aliphatic heterocycles. The Balaban J connectivity index is 0.000000183. The molecule has 2 unspecified atom stereocenters. The number of esters is 2. The number of rotatable bonds is 8. The van der Waals surface area contributed by atoms with Crippen molar-refractivity contribution in [3.05, 3.63) is 59.7 Å². The van der Waals surface area contributed by atoms with E-state index in [2.05, 4.69) is 24.3 Å². The molecule has 2 aromatic rings. The Kier molecular flexibility index (Phi) is 6.69. The van der Waals surface area contributed by atoms with Crippen molar-refractivity contribution in [2.45, 2.75) is 50.1 Å². The van der Waals surface area contributed by atoms with Gasteiger partial charge in [-0.05, 0) is 41.8 Å². The molecule has 2 atom stereocenters. The van der Waals surface area contributed by atoms with Crippen LogP contribution >= 0.6 is 0 Å². The van der Waals surface area contributed by atoms with Gasteiger partial charge in [0.05, 0.1) is 26.1 Å². The van der Waals surface area contributed by atoms with E-state index in [-0.39, 0.29) is 11.9 Å². The van der Waals surface area contributed by atoms with Gasteiger partial charge in [-0.1, -0.05) is 24.3 Å². The SMILES string of the molecule is O=C1CCC2(CCC(=O)O2)O1.c1cc(OCC2CO2)ccc1Cc1ccc(OCC2CO2)cc1. The summed E-state index contributed by atoms with van der Waals surface area (Å²) >= 11 is 0. The van der Waals surface area contributed by atoms with Crippen LogP contribution in [-0.4, -0.2) is 56.4 Å². The van der Waals surface area contributed by atoms with Crippen LogP contribution in [0.25, 0.3) is 0 Å². The molecule has 0 aliphatic carbocycles. The highest BCUT2D eigenvalue weighted by molar-refractivity contribution is 5.76. The van der Waals surface area contributed by atoms with Crippen LogP contribution < -0.4 is 9.47 Å². The molecule has 0 bridgehead atoms. The minimum Gasteiger partial charge on any atom is -0.491 e. The number of carbonyl (C=O) groups is 2. The van der Waals surface area contributed by atoms with Gasteiger partial charge in [0, 0.05) is 12.8 Å². The smallest absolute Gasteiger partial charge is 0.309 e. The molecule has 0 aromatic heterocycles. The van der Waals surface area contributed by atoms with Gasteiger partial charge in [0.15, 0.2) is 0 Å². The fraction of sp³-hybridized carbons (Fsp3) is 0.462. The molecule has 0 saturated carbocycles. The third-order valence-corrected chi connectivity index (χ3v) is 5.95. The predicted octanol–water partition coefficient (Wildman–Crippen LogP) is 3.19. The zero-order valence-corrected chi connectivity index (χ0v) is 18.9. The summed E-state index contributed by atoms with van der Waals surface area (Å²) in [4.78, 5) is 21.4. The topological polar surface area (TPSA) is 96.1 Å². The van der Waals surface area contributed by atoms with Crippen molar-refractivity contribution in [1.82, 2.24) is 0 Å². The number of epoxide rings is 2. The molecule has 6 rings (SSSR count).